The molecule has 0 radical (unpaired) electrons. The maximum atomic E-state index is 13.4. The average Bonchev–Trinajstić information content (AvgIpc) is 2.70. The standard InChI is InChI=1S/C19H24Br2N4O5/c1-7-9(3)22-15(26)13(20)11(5)24(17(22)28)19(30)25-12(6)14(21)16(27)23(18(25)29)10(4)8-2/h9-10H,7-8H2,1-6H3. The maximum absolute atomic E-state index is 13.4. The van der Waals surface area contributed by atoms with Gasteiger partial charge in [0.25, 0.3) is 11.1 Å². The summed E-state index contributed by atoms with van der Waals surface area (Å²) in [6, 6.07) is -1.88. The minimum Gasteiger partial charge on any atom is -0.268 e. The molecule has 0 fully saturated rings. The summed E-state index contributed by atoms with van der Waals surface area (Å²) in [6.45, 7) is 9.87. The highest BCUT2D eigenvalue weighted by molar-refractivity contribution is 9.10. The summed E-state index contributed by atoms with van der Waals surface area (Å²) in [5.41, 5.74) is -2.65. The number of halogens is 2. The predicted octanol–water partition coefficient (Wildman–Crippen LogP) is 2.93. The molecule has 0 aliphatic carbocycles. The van der Waals surface area contributed by atoms with Crippen molar-refractivity contribution in [2.45, 2.75) is 66.5 Å². The van der Waals surface area contributed by atoms with E-state index >= 15 is 0 Å². The van der Waals surface area contributed by atoms with Crippen molar-refractivity contribution >= 4 is 37.9 Å². The number of hydrogen-bond donors (Lipinski definition) is 0. The Labute approximate surface area is 189 Å². The number of aromatic nitrogens is 4. The fourth-order valence-corrected chi connectivity index (χ4v) is 3.82. The average molecular weight is 548 g/mol. The van der Waals surface area contributed by atoms with Crippen LogP contribution >= 0.6 is 31.9 Å². The summed E-state index contributed by atoms with van der Waals surface area (Å²) in [4.78, 5) is 64.9. The molecule has 2 unspecified atom stereocenters. The number of nitrogens with zero attached hydrogens (tertiary/aromatic N) is 4. The highest BCUT2D eigenvalue weighted by Gasteiger charge is 2.27. The van der Waals surface area contributed by atoms with Crippen molar-refractivity contribution in [3.63, 3.8) is 0 Å². The molecule has 0 amide bonds. The molecule has 0 aliphatic heterocycles. The lowest BCUT2D eigenvalue weighted by Crippen LogP contribution is -2.51. The van der Waals surface area contributed by atoms with Crippen LogP contribution in [0.5, 0.6) is 0 Å². The molecule has 9 nitrogen and oxygen atoms in total. The first-order chi connectivity index (χ1) is 13.9. The van der Waals surface area contributed by atoms with E-state index in [0.717, 1.165) is 18.3 Å². The van der Waals surface area contributed by atoms with Crippen LogP contribution in [0.25, 0.3) is 0 Å². The molecule has 2 aromatic heterocycles. The molecule has 2 rings (SSSR count). The quantitative estimate of drug-likeness (QED) is 0.585. The van der Waals surface area contributed by atoms with Gasteiger partial charge in [-0.3, -0.25) is 18.7 Å². The third-order valence-corrected chi connectivity index (χ3v) is 7.19. The van der Waals surface area contributed by atoms with Crippen LogP contribution in [0, 0.1) is 13.8 Å². The van der Waals surface area contributed by atoms with Gasteiger partial charge in [-0.1, -0.05) is 13.8 Å². The Morgan fingerprint density at radius 2 is 1.07 bits per heavy atom. The Morgan fingerprint density at radius 3 is 1.33 bits per heavy atom. The Morgan fingerprint density at radius 1 is 0.767 bits per heavy atom. The van der Waals surface area contributed by atoms with Crippen molar-refractivity contribution in [2.24, 2.45) is 0 Å². The fraction of sp³-hybridized carbons (Fsp3) is 0.526. The van der Waals surface area contributed by atoms with Gasteiger partial charge in [0, 0.05) is 23.5 Å². The predicted molar refractivity (Wildman–Crippen MR) is 121 cm³/mol. The van der Waals surface area contributed by atoms with Crippen molar-refractivity contribution in [3.8, 4) is 0 Å². The van der Waals surface area contributed by atoms with Crippen LogP contribution in [0.2, 0.25) is 0 Å². The Bertz CT molecular complexity index is 1160. The zero-order chi connectivity index (χ0) is 23.1. The van der Waals surface area contributed by atoms with Crippen LogP contribution in [0.1, 0.15) is 64.0 Å². The van der Waals surface area contributed by atoms with Gasteiger partial charge >= 0.3 is 17.4 Å². The first-order valence-corrected chi connectivity index (χ1v) is 11.1. The monoisotopic (exact) mass is 546 g/mol. The summed E-state index contributed by atoms with van der Waals surface area (Å²) >= 11 is 6.34. The van der Waals surface area contributed by atoms with E-state index in [-0.39, 0.29) is 20.3 Å². The number of carbonyl (C=O) groups is 1. The summed E-state index contributed by atoms with van der Waals surface area (Å²) in [7, 11) is 0. The van der Waals surface area contributed by atoms with E-state index in [0.29, 0.717) is 12.8 Å². The second-order valence-electron chi connectivity index (χ2n) is 7.18. The van der Waals surface area contributed by atoms with Gasteiger partial charge in [0.15, 0.2) is 0 Å². The van der Waals surface area contributed by atoms with Crippen molar-refractivity contribution < 1.29 is 4.79 Å². The van der Waals surface area contributed by atoms with E-state index in [4.69, 9.17) is 0 Å². The van der Waals surface area contributed by atoms with E-state index in [9.17, 15) is 24.0 Å². The van der Waals surface area contributed by atoms with Gasteiger partial charge in [-0.25, -0.2) is 23.5 Å². The van der Waals surface area contributed by atoms with Gasteiger partial charge in [-0.15, -0.1) is 0 Å². The smallest absolute Gasteiger partial charge is 0.268 e. The van der Waals surface area contributed by atoms with Crippen molar-refractivity contribution in [3.05, 3.63) is 62.0 Å². The summed E-state index contributed by atoms with van der Waals surface area (Å²) in [5, 5.41) is 0. The van der Waals surface area contributed by atoms with E-state index < -0.39 is 40.6 Å². The first-order valence-electron chi connectivity index (χ1n) is 9.54. The maximum Gasteiger partial charge on any atom is 0.345 e. The molecular weight excluding hydrogens is 524 g/mol. The normalized spacial score (nSPS) is 13.3. The highest BCUT2D eigenvalue weighted by atomic mass is 79.9. The Balaban J connectivity index is 3.00. The van der Waals surface area contributed by atoms with Crippen LogP contribution in [0.4, 0.5) is 4.79 Å². The highest BCUT2D eigenvalue weighted by Crippen LogP contribution is 2.15. The second-order valence-corrected chi connectivity index (χ2v) is 8.77. The van der Waals surface area contributed by atoms with E-state index in [1.54, 1.807) is 13.8 Å². The summed E-state index contributed by atoms with van der Waals surface area (Å²) in [5.74, 6) is 0. The van der Waals surface area contributed by atoms with E-state index in [1.807, 2.05) is 13.8 Å². The lowest BCUT2D eigenvalue weighted by Gasteiger charge is -2.20. The van der Waals surface area contributed by atoms with Crippen LogP contribution in [0.3, 0.4) is 0 Å². The van der Waals surface area contributed by atoms with Gasteiger partial charge in [0.2, 0.25) is 0 Å². The van der Waals surface area contributed by atoms with Crippen molar-refractivity contribution in [1.82, 2.24) is 18.3 Å². The third kappa shape index (κ3) is 3.73. The van der Waals surface area contributed by atoms with E-state index in [2.05, 4.69) is 31.9 Å². The van der Waals surface area contributed by atoms with Crippen LogP contribution in [-0.4, -0.2) is 24.3 Å². The lowest BCUT2D eigenvalue weighted by molar-refractivity contribution is 0.238. The minimum absolute atomic E-state index is 0.0516. The van der Waals surface area contributed by atoms with Gasteiger partial charge in [0.1, 0.15) is 8.95 Å². The SMILES string of the molecule is CCC(C)n1c(=O)c(Br)c(C)n(C(=O)n2c(C)c(Br)c(=O)n(C(C)CC)c2=O)c1=O. The van der Waals surface area contributed by atoms with Crippen molar-refractivity contribution in [1.29, 1.82) is 0 Å². The molecule has 0 aromatic carbocycles. The van der Waals surface area contributed by atoms with Crippen LogP contribution in [0.15, 0.2) is 28.1 Å². The Kier molecular flexibility index (Phi) is 7.28. The third-order valence-electron chi connectivity index (χ3n) is 5.36. The zero-order valence-electron chi connectivity index (χ0n) is 17.7. The number of rotatable bonds is 4. The van der Waals surface area contributed by atoms with Gasteiger partial charge in [-0.05, 0) is 72.4 Å². The topological polar surface area (TPSA) is 105 Å². The Hall–Kier alpha value is -2.01. The molecule has 11 heteroatoms. The summed E-state index contributed by atoms with van der Waals surface area (Å²) < 4.78 is 3.63. The van der Waals surface area contributed by atoms with Gasteiger partial charge < -0.3 is 0 Å². The molecule has 0 spiro atoms. The molecule has 2 heterocycles. The largest absolute Gasteiger partial charge is 0.345 e. The minimum atomic E-state index is -0.962. The molecule has 164 valence electrons. The lowest BCUT2D eigenvalue weighted by atomic mass is 10.2. The molecule has 30 heavy (non-hydrogen) atoms. The van der Waals surface area contributed by atoms with E-state index in [1.165, 1.54) is 13.8 Å². The number of carbonyl (C=O) groups excluding carboxylic acids is 1. The molecule has 2 atom stereocenters. The van der Waals surface area contributed by atoms with Crippen LogP contribution < -0.4 is 22.5 Å². The molecule has 0 bridgehead atoms. The molecular formula is C19H24Br2N4O5. The molecule has 0 aliphatic rings. The second kappa shape index (κ2) is 9.01. The summed E-state index contributed by atoms with van der Waals surface area (Å²) in [6.07, 6.45) is 0.977. The van der Waals surface area contributed by atoms with Crippen LogP contribution in [-0.2, 0) is 0 Å². The molecule has 0 saturated heterocycles. The molecule has 2 aromatic rings. The first kappa shape index (κ1) is 24.3. The zero-order valence-corrected chi connectivity index (χ0v) is 20.8. The van der Waals surface area contributed by atoms with Crippen molar-refractivity contribution in [2.75, 3.05) is 0 Å². The van der Waals surface area contributed by atoms with Gasteiger partial charge in [-0.2, -0.15) is 0 Å². The fourth-order valence-electron chi connectivity index (χ4n) is 3.09. The van der Waals surface area contributed by atoms with Gasteiger partial charge in [0.05, 0.1) is 0 Å². The molecule has 0 N–H and O–H groups in total. The number of hydrogen-bond acceptors (Lipinski definition) is 5. The molecule has 0 saturated carbocycles.